The highest BCUT2D eigenvalue weighted by Crippen LogP contribution is 2.13. The smallest absolute Gasteiger partial charge is 0.336 e. The maximum Gasteiger partial charge on any atom is 0.336 e. The van der Waals surface area contributed by atoms with Gasteiger partial charge >= 0.3 is 6.03 Å². The number of urea groups is 1. The molecule has 0 bridgehead atoms. The van der Waals surface area contributed by atoms with Gasteiger partial charge in [-0.3, -0.25) is 10.2 Å². The van der Waals surface area contributed by atoms with E-state index in [1.54, 1.807) is 30.3 Å². The fourth-order valence-corrected chi connectivity index (χ4v) is 2.84. The van der Waals surface area contributed by atoms with Crippen LogP contribution in [0.15, 0.2) is 48.5 Å². The highest BCUT2D eigenvalue weighted by Gasteiger charge is 2.16. The molecule has 6 nitrogen and oxygen atoms in total. The summed E-state index contributed by atoms with van der Waals surface area (Å²) in [4.78, 5) is 24.7. The minimum atomic E-state index is -0.353. The molecule has 0 aliphatic rings. The van der Waals surface area contributed by atoms with Gasteiger partial charge < -0.3 is 10.4 Å². The Labute approximate surface area is 170 Å². The molecular formula is C21H26ClN3O3. The molecule has 0 fully saturated rings. The Morgan fingerprint density at radius 3 is 2.54 bits per heavy atom. The van der Waals surface area contributed by atoms with Crippen molar-refractivity contribution in [1.82, 2.24) is 15.8 Å². The van der Waals surface area contributed by atoms with Crippen LogP contribution in [-0.4, -0.2) is 28.6 Å². The number of amides is 3. The van der Waals surface area contributed by atoms with E-state index in [4.69, 9.17) is 11.6 Å². The van der Waals surface area contributed by atoms with Gasteiger partial charge in [-0.2, -0.15) is 0 Å². The maximum absolute atomic E-state index is 12.4. The lowest BCUT2D eigenvalue weighted by Crippen LogP contribution is -2.50. The van der Waals surface area contributed by atoms with E-state index < -0.39 is 0 Å². The van der Waals surface area contributed by atoms with Crippen molar-refractivity contribution in [2.45, 2.75) is 39.2 Å². The monoisotopic (exact) mass is 403 g/mol. The Morgan fingerprint density at radius 2 is 1.86 bits per heavy atom. The highest BCUT2D eigenvalue weighted by atomic mass is 35.5. The topological polar surface area (TPSA) is 81.7 Å². The molecule has 0 atom stereocenters. The van der Waals surface area contributed by atoms with Crippen molar-refractivity contribution < 1.29 is 14.7 Å². The minimum absolute atomic E-state index is 0.219. The summed E-state index contributed by atoms with van der Waals surface area (Å²) in [6.07, 6.45) is 2.44. The third kappa shape index (κ3) is 7.48. The van der Waals surface area contributed by atoms with Crippen molar-refractivity contribution in [1.29, 1.82) is 0 Å². The lowest BCUT2D eigenvalue weighted by molar-refractivity contribution is -0.125. The fraction of sp³-hybridized carbons (Fsp3) is 0.333. The molecule has 0 spiro atoms. The van der Waals surface area contributed by atoms with Crippen molar-refractivity contribution in [3.8, 4) is 5.75 Å². The van der Waals surface area contributed by atoms with Gasteiger partial charge in [0, 0.05) is 18.0 Å². The third-order valence-electron chi connectivity index (χ3n) is 4.07. The van der Waals surface area contributed by atoms with Crippen LogP contribution >= 0.6 is 11.6 Å². The van der Waals surface area contributed by atoms with Gasteiger partial charge in [0.1, 0.15) is 5.75 Å². The molecule has 3 N–H and O–H groups in total. The number of aromatic hydroxyl groups is 1. The number of hydrogen-bond donors (Lipinski definition) is 3. The van der Waals surface area contributed by atoms with E-state index in [9.17, 15) is 14.7 Å². The first-order valence-corrected chi connectivity index (χ1v) is 9.73. The molecule has 0 saturated carbocycles. The highest BCUT2D eigenvalue weighted by molar-refractivity contribution is 6.30. The summed E-state index contributed by atoms with van der Waals surface area (Å²) in [5.74, 6) is -0.0105. The summed E-state index contributed by atoms with van der Waals surface area (Å²) in [5, 5.41) is 13.9. The molecule has 0 unspecified atom stereocenters. The molecule has 0 aliphatic heterocycles. The molecule has 2 aromatic carbocycles. The predicted molar refractivity (Wildman–Crippen MR) is 110 cm³/mol. The maximum atomic E-state index is 12.4. The zero-order valence-corrected chi connectivity index (χ0v) is 16.7. The number of nitrogens with zero attached hydrogens (tertiary/aromatic N) is 1. The summed E-state index contributed by atoms with van der Waals surface area (Å²) < 4.78 is 0. The van der Waals surface area contributed by atoms with Gasteiger partial charge in [-0.05, 0) is 54.7 Å². The van der Waals surface area contributed by atoms with Crippen LogP contribution in [0.3, 0.4) is 0 Å². The summed E-state index contributed by atoms with van der Waals surface area (Å²) in [7, 11) is 0. The number of aryl methyl sites for hydroxylation is 1. The van der Waals surface area contributed by atoms with Crippen LogP contribution in [0.5, 0.6) is 5.75 Å². The number of hydrazine groups is 1. The molecule has 7 heteroatoms. The van der Waals surface area contributed by atoms with E-state index >= 15 is 0 Å². The number of halogens is 1. The summed E-state index contributed by atoms with van der Waals surface area (Å²) >= 11 is 6.01. The van der Waals surface area contributed by atoms with Crippen LogP contribution in [-0.2, 0) is 17.8 Å². The average Bonchev–Trinajstić information content (AvgIpc) is 2.67. The standard InChI is InChI=1S/C21H26ClN3O3/c1-2-13-23-21(28)25(15-17-6-3-7-18(22)14-17)24-20(27)8-4-5-16-9-11-19(26)12-10-16/h3,6-7,9-12,14,26H,2,4-5,8,13,15H2,1H3,(H,23,28)(H,24,27). The number of phenolic OH excluding ortho intramolecular Hbond substituents is 1. The second-order valence-corrected chi connectivity index (χ2v) is 6.94. The molecule has 0 radical (unpaired) electrons. The number of rotatable bonds is 8. The van der Waals surface area contributed by atoms with Gasteiger partial charge in [0.25, 0.3) is 0 Å². The van der Waals surface area contributed by atoms with Crippen molar-refractivity contribution in [2.75, 3.05) is 6.54 Å². The first kappa shape index (κ1) is 21.6. The molecular weight excluding hydrogens is 378 g/mol. The molecule has 2 aromatic rings. The van der Waals surface area contributed by atoms with Crippen molar-refractivity contribution in [2.24, 2.45) is 0 Å². The van der Waals surface area contributed by atoms with Crippen molar-refractivity contribution in [3.05, 3.63) is 64.7 Å². The number of phenols is 1. The zero-order valence-electron chi connectivity index (χ0n) is 16.0. The minimum Gasteiger partial charge on any atom is -0.508 e. The van der Waals surface area contributed by atoms with Gasteiger partial charge in [0.05, 0.1) is 6.54 Å². The second kappa shape index (κ2) is 11.2. The van der Waals surface area contributed by atoms with Crippen LogP contribution in [0.1, 0.15) is 37.3 Å². The normalized spacial score (nSPS) is 10.4. The molecule has 150 valence electrons. The molecule has 0 aliphatic carbocycles. The van der Waals surface area contributed by atoms with E-state index in [0.717, 1.165) is 17.5 Å². The molecule has 0 aromatic heterocycles. The molecule has 0 saturated heterocycles. The Hall–Kier alpha value is -2.73. The van der Waals surface area contributed by atoms with E-state index in [0.29, 0.717) is 24.4 Å². The zero-order chi connectivity index (χ0) is 20.4. The molecule has 0 heterocycles. The van der Waals surface area contributed by atoms with Crippen LogP contribution < -0.4 is 10.7 Å². The van der Waals surface area contributed by atoms with Gasteiger partial charge in [-0.25, -0.2) is 9.80 Å². The first-order chi connectivity index (χ1) is 13.5. The third-order valence-corrected chi connectivity index (χ3v) is 4.30. The second-order valence-electron chi connectivity index (χ2n) is 6.50. The Kier molecular flexibility index (Phi) is 8.62. The van der Waals surface area contributed by atoms with Crippen LogP contribution in [0.4, 0.5) is 4.79 Å². The number of carbonyl (C=O) groups is 2. The molecule has 3 amide bonds. The fourth-order valence-electron chi connectivity index (χ4n) is 2.63. The number of carbonyl (C=O) groups excluding carboxylic acids is 2. The molecule has 2 rings (SSSR count). The van der Waals surface area contributed by atoms with Crippen LogP contribution in [0.2, 0.25) is 5.02 Å². The number of benzene rings is 2. The summed E-state index contributed by atoms with van der Waals surface area (Å²) in [6, 6.07) is 13.7. The Balaban J connectivity index is 1.91. The molecule has 28 heavy (non-hydrogen) atoms. The van der Waals surface area contributed by atoms with Gasteiger partial charge in [0.2, 0.25) is 5.91 Å². The number of hydrogen-bond acceptors (Lipinski definition) is 3. The van der Waals surface area contributed by atoms with Gasteiger partial charge in [-0.1, -0.05) is 42.8 Å². The number of nitrogens with one attached hydrogen (secondary N) is 2. The first-order valence-electron chi connectivity index (χ1n) is 9.35. The Bertz CT molecular complexity index is 781. The lowest BCUT2D eigenvalue weighted by Gasteiger charge is -2.24. The predicted octanol–water partition coefficient (Wildman–Crippen LogP) is 4.02. The average molecular weight is 404 g/mol. The van der Waals surface area contributed by atoms with Gasteiger partial charge in [-0.15, -0.1) is 0 Å². The van der Waals surface area contributed by atoms with Gasteiger partial charge in [0.15, 0.2) is 0 Å². The van der Waals surface area contributed by atoms with Crippen LogP contribution in [0, 0.1) is 0 Å². The lowest BCUT2D eigenvalue weighted by atomic mass is 10.1. The quantitative estimate of drug-likeness (QED) is 0.582. The SMILES string of the molecule is CCCNC(=O)N(Cc1cccc(Cl)c1)NC(=O)CCCc1ccc(O)cc1. The Morgan fingerprint density at radius 1 is 1.11 bits per heavy atom. The largest absolute Gasteiger partial charge is 0.508 e. The van der Waals surface area contributed by atoms with E-state index in [1.165, 1.54) is 5.01 Å². The van der Waals surface area contributed by atoms with E-state index in [2.05, 4.69) is 10.7 Å². The van der Waals surface area contributed by atoms with Crippen molar-refractivity contribution >= 4 is 23.5 Å². The van der Waals surface area contributed by atoms with E-state index in [-0.39, 0.29) is 30.7 Å². The summed E-state index contributed by atoms with van der Waals surface area (Å²) in [5.41, 5.74) is 4.55. The van der Waals surface area contributed by atoms with E-state index in [1.807, 2.05) is 25.1 Å². The summed E-state index contributed by atoms with van der Waals surface area (Å²) in [6.45, 7) is 2.71. The van der Waals surface area contributed by atoms with Crippen LogP contribution in [0.25, 0.3) is 0 Å². The van der Waals surface area contributed by atoms with Crippen molar-refractivity contribution in [3.63, 3.8) is 0 Å².